The van der Waals surface area contributed by atoms with Crippen LogP contribution in [0.15, 0.2) is 24.3 Å². The van der Waals surface area contributed by atoms with Crippen LogP contribution in [0, 0.1) is 17.8 Å². The van der Waals surface area contributed by atoms with E-state index in [9.17, 15) is 9.90 Å². The van der Waals surface area contributed by atoms with Crippen molar-refractivity contribution in [1.82, 2.24) is 0 Å². The summed E-state index contributed by atoms with van der Waals surface area (Å²) in [5, 5.41) is 20.8. The summed E-state index contributed by atoms with van der Waals surface area (Å²) in [6.07, 6.45) is 20.5. The maximum Gasteiger partial charge on any atom is 0.303 e. The van der Waals surface area contributed by atoms with Crippen molar-refractivity contribution in [2.24, 2.45) is 17.8 Å². The van der Waals surface area contributed by atoms with Gasteiger partial charge in [-0.3, -0.25) is 4.79 Å². The fraction of sp³-hybridized carbons (Fsp3) is 0.773. The van der Waals surface area contributed by atoms with Crippen molar-refractivity contribution < 1.29 is 15.0 Å². The molecule has 1 unspecified atom stereocenters. The van der Waals surface area contributed by atoms with E-state index in [-0.39, 0.29) is 12.5 Å². The zero-order valence-corrected chi connectivity index (χ0v) is 16.6. The van der Waals surface area contributed by atoms with Gasteiger partial charge < -0.3 is 10.2 Å². The van der Waals surface area contributed by atoms with Gasteiger partial charge in [-0.25, -0.2) is 0 Å². The summed E-state index contributed by atoms with van der Waals surface area (Å²) in [6, 6.07) is 0. The maximum atomic E-state index is 10.6. The molecule has 1 saturated carbocycles. The number of rotatable bonds is 9. The van der Waals surface area contributed by atoms with Gasteiger partial charge in [0.2, 0.25) is 0 Å². The summed E-state index contributed by atoms with van der Waals surface area (Å²) in [7, 11) is 0. The van der Waals surface area contributed by atoms with E-state index in [0.717, 1.165) is 29.8 Å². The van der Waals surface area contributed by atoms with Crippen LogP contribution in [-0.4, -0.2) is 32.8 Å². The Morgan fingerprint density at radius 2 is 1.85 bits per heavy atom. The Morgan fingerprint density at radius 1 is 1.08 bits per heavy atom. The van der Waals surface area contributed by atoms with E-state index in [1.54, 1.807) is 0 Å². The topological polar surface area (TPSA) is 57.5 Å². The molecule has 4 heteroatoms. The molecule has 2 saturated heterocycles. The number of carboxylic acid groups (broad SMARTS) is 1. The molecular formula is C22H34O3S. The first kappa shape index (κ1) is 20.0. The predicted octanol–water partition coefficient (Wildman–Crippen LogP) is 5.20. The van der Waals surface area contributed by atoms with E-state index in [1.807, 2.05) is 0 Å². The van der Waals surface area contributed by atoms with E-state index in [4.69, 9.17) is 5.11 Å². The SMILES string of the molecule is O=C(O)CCCC=CC[C@H]1[C@@H](C=CC(O)C2CCCCC2)[C@H]2CC[C@@H]1S2. The largest absolute Gasteiger partial charge is 0.481 e. The van der Waals surface area contributed by atoms with Gasteiger partial charge in [-0.15, -0.1) is 0 Å². The van der Waals surface area contributed by atoms with Crippen LogP contribution in [0.25, 0.3) is 0 Å². The summed E-state index contributed by atoms with van der Waals surface area (Å²) in [5.41, 5.74) is 0. The van der Waals surface area contributed by atoms with E-state index >= 15 is 0 Å². The van der Waals surface area contributed by atoms with Gasteiger partial charge in [0.1, 0.15) is 0 Å². The van der Waals surface area contributed by atoms with Crippen molar-refractivity contribution in [2.75, 3.05) is 0 Å². The van der Waals surface area contributed by atoms with Crippen LogP contribution in [0.5, 0.6) is 0 Å². The van der Waals surface area contributed by atoms with Gasteiger partial charge in [0, 0.05) is 16.9 Å². The van der Waals surface area contributed by atoms with Gasteiger partial charge >= 0.3 is 5.97 Å². The van der Waals surface area contributed by atoms with Crippen molar-refractivity contribution in [1.29, 1.82) is 0 Å². The number of thioether (sulfide) groups is 1. The number of aliphatic hydroxyl groups excluding tert-OH is 1. The van der Waals surface area contributed by atoms with Gasteiger partial charge in [-0.1, -0.05) is 43.6 Å². The number of aliphatic hydroxyl groups is 1. The van der Waals surface area contributed by atoms with Crippen molar-refractivity contribution in [3.63, 3.8) is 0 Å². The zero-order chi connectivity index (χ0) is 18.4. The van der Waals surface area contributed by atoms with Crippen molar-refractivity contribution >= 4 is 17.7 Å². The predicted molar refractivity (Wildman–Crippen MR) is 108 cm³/mol. The highest BCUT2D eigenvalue weighted by atomic mass is 32.2. The molecule has 2 heterocycles. The second-order valence-electron chi connectivity index (χ2n) is 8.30. The molecule has 0 amide bonds. The molecule has 5 atom stereocenters. The van der Waals surface area contributed by atoms with E-state index in [0.29, 0.717) is 17.8 Å². The molecule has 0 aromatic rings. The first-order valence-electron chi connectivity index (χ1n) is 10.5. The van der Waals surface area contributed by atoms with E-state index in [1.165, 1.54) is 44.9 Å². The maximum absolute atomic E-state index is 10.6. The minimum atomic E-state index is -0.704. The van der Waals surface area contributed by atoms with Gasteiger partial charge in [0.05, 0.1) is 6.10 Å². The van der Waals surface area contributed by atoms with Crippen LogP contribution in [0.2, 0.25) is 0 Å². The van der Waals surface area contributed by atoms with Crippen LogP contribution in [0.3, 0.4) is 0 Å². The van der Waals surface area contributed by atoms with Gasteiger partial charge in [-0.05, 0) is 62.7 Å². The lowest BCUT2D eigenvalue weighted by Crippen LogP contribution is -2.26. The summed E-state index contributed by atoms with van der Waals surface area (Å²) in [6.45, 7) is 0. The minimum absolute atomic E-state index is 0.258. The highest BCUT2D eigenvalue weighted by molar-refractivity contribution is 8.01. The Kier molecular flexibility index (Phi) is 7.68. The third kappa shape index (κ3) is 5.39. The second kappa shape index (κ2) is 9.98. The molecule has 1 aliphatic carbocycles. The molecule has 0 aromatic carbocycles. The number of fused-ring (bicyclic) bond motifs is 2. The molecule has 3 fully saturated rings. The number of carbonyl (C=O) groups is 1. The smallest absolute Gasteiger partial charge is 0.303 e. The lowest BCUT2D eigenvalue weighted by Gasteiger charge is -2.28. The van der Waals surface area contributed by atoms with Crippen molar-refractivity contribution in [3.8, 4) is 0 Å². The average molecular weight is 379 g/mol. The monoisotopic (exact) mass is 378 g/mol. The molecule has 2 bridgehead atoms. The third-order valence-electron chi connectivity index (χ3n) is 6.49. The van der Waals surface area contributed by atoms with E-state index in [2.05, 4.69) is 36.1 Å². The lowest BCUT2D eigenvalue weighted by molar-refractivity contribution is -0.137. The van der Waals surface area contributed by atoms with Crippen LogP contribution in [0.1, 0.15) is 70.6 Å². The molecule has 146 valence electrons. The summed E-state index contributed by atoms with van der Waals surface area (Å²) >= 11 is 2.16. The molecule has 3 rings (SSSR count). The summed E-state index contributed by atoms with van der Waals surface area (Å²) in [5.74, 6) is 1.05. The average Bonchev–Trinajstić information content (AvgIpc) is 3.24. The minimum Gasteiger partial charge on any atom is -0.481 e. The quantitative estimate of drug-likeness (QED) is 0.428. The number of carboxylic acids is 1. The molecule has 0 aromatic heterocycles. The first-order valence-corrected chi connectivity index (χ1v) is 11.5. The Hall–Kier alpha value is -0.740. The molecular weight excluding hydrogens is 344 g/mol. The van der Waals surface area contributed by atoms with Crippen LogP contribution < -0.4 is 0 Å². The second-order valence-corrected chi connectivity index (χ2v) is 9.78. The number of hydrogen-bond acceptors (Lipinski definition) is 3. The molecule has 3 nitrogen and oxygen atoms in total. The number of unbranched alkanes of at least 4 members (excludes halogenated alkanes) is 1. The Labute approximate surface area is 162 Å². The van der Waals surface area contributed by atoms with Gasteiger partial charge in [0.25, 0.3) is 0 Å². The van der Waals surface area contributed by atoms with Crippen LogP contribution in [-0.2, 0) is 4.79 Å². The lowest BCUT2D eigenvalue weighted by atomic mass is 9.76. The third-order valence-corrected chi connectivity index (χ3v) is 8.32. The highest BCUT2D eigenvalue weighted by Crippen LogP contribution is 2.54. The molecule has 2 N–H and O–H groups in total. The molecule has 3 aliphatic rings. The number of allylic oxidation sites excluding steroid dienone is 3. The molecule has 0 spiro atoms. The Balaban J connectivity index is 1.49. The highest BCUT2D eigenvalue weighted by Gasteiger charge is 2.46. The number of hydrogen-bond donors (Lipinski definition) is 2. The first-order chi connectivity index (χ1) is 12.6. The van der Waals surface area contributed by atoms with Crippen molar-refractivity contribution in [2.45, 2.75) is 87.2 Å². The van der Waals surface area contributed by atoms with Crippen LogP contribution in [0.4, 0.5) is 0 Å². The normalized spacial score (nSPS) is 33.4. The molecule has 26 heavy (non-hydrogen) atoms. The molecule has 2 aliphatic heterocycles. The van der Waals surface area contributed by atoms with Gasteiger partial charge in [0.15, 0.2) is 0 Å². The standard InChI is InChI=1S/C22H34O3S/c23-19(16-8-4-3-5-9-16)13-12-18-17(20-14-15-21(18)26-20)10-6-1-2-7-11-22(24)25/h1,6,12-13,16-21,23H,2-5,7-11,14-15H2,(H,24,25)/t17-,18+,19?,20-,21+/m0/s1. The van der Waals surface area contributed by atoms with E-state index < -0.39 is 5.97 Å². The van der Waals surface area contributed by atoms with Gasteiger partial charge in [-0.2, -0.15) is 11.8 Å². The van der Waals surface area contributed by atoms with Crippen LogP contribution >= 0.6 is 11.8 Å². The fourth-order valence-corrected chi connectivity index (χ4v) is 6.97. The summed E-state index contributed by atoms with van der Waals surface area (Å²) < 4.78 is 0. The van der Waals surface area contributed by atoms with Crippen molar-refractivity contribution in [3.05, 3.63) is 24.3 Å². The Morgan fingerprint density at radius 3 is 2.62 bits per heavy atom. The zero-order valence-electron chi connectivity index (χ0n) is 15.8. The molecule has 0 radical (unpaired) electrons. The fourth-order valence-electron chi connectivity index (χ4n) is 5.00. The number of aliphatic carboxylic acids is 1. The summed E-state index contributed by atoms with van der Waals surface area (Å²) in [4.78, 5) is 10.6. The Bertz CT molecular complexity index is 510.